The molecule has 1 aliphatic rings. The molecule has 3 heterocycles. The lowest BCUT2D eigenvalue weighted by Crippen LogP contribution is -2.34. The Kier molecular flexibility index (Phi) is 3.70. The van der Waals surface area contributed by atoms with Crippen molar-refractivity contribution < 1.29 is 14.4 Å². The molecule has 0 bridgehead atoms. The van der Waals surface area contributed by atoms with Crippen molar-refractivity contribution in [3.63, 3.8) is 0 Å². The van der Waals surface area contributed by atoms with Crippen molar-refractivity contribution in [3.05, 3.63) is 12.0 Å². The van der Waals surface area contributed by atoms with Gasteiger partial charge < -0.3 is 14.5 Å². The summed E-state index contributed by atoms with van der Waals surface area (Å²) in [5.74, 6) is 0.0266. The number of hydrogen-bond donors (Lipinski definition) is 1. The maximum atomic E-state index is 10.8. The molecule has 0 spiro atoms. The third-order valence-corrected chi connectivity index (χ3v) is 3.67. The molecule has 0 amide bonds. The smallest absolute Gasteiger partial charge is 0.317 e. The Morgan fingerprint density at radius 2 is 2.19 bits per heavy atom. The van der Waals surface area contributed by atoms with E-state index >= 15 is 0 Å². The van der Waals surface area contributed by atoms with E-state index in [2.05, 4.69) is 20.0 Å². The molecule has 21 heavy (non-hydrogen) atoms. The van der Waals surface area contributed by atoms with Crippen molar-refractivity contribution in [3.8, 4) is 0 Å². The molecule has 1 saturated heterocycles. The summed E-state index contributed by atoms with van der Waals surface area (Å²) in [7, 11) is 0. The minimum atomic E-state index is -0.789. The highest BCUT2D eigenvalue weighted by Crippen LogP contribution is 2.26. The molecule has 3 rings (SSSR count). The molecule has 2 aromatic rings. The van der Waals surface area contributed by atoms with Gasteiger partial charge in [-0.1, -0.05) is 5.16 Å². The number of aryl methyl sites for hydroxylation is 1. The van der Waals surface area contributed by atoms with Crippen LogP contribution in [0.4, 0.5) is 5.82 Å². The van der Waals surface area contributed by atoms with Crippen molar-refractivity contribution in [2.24, 2.45) is 0 Å². The Hall–Kier alpha value is -2.22. The summed E-state index contributed by atoms with van der Waals surface area (Å²) < 4.78 is 5.17. The number of aliphatic carboxylic acids is 1. The molecular formula is C13H17N5O3. The predicted molar refractivity (Wildman–Crippen MR) is 75.2 cm³/mol. The van der Waals surface area contributed by atoms with Gasteiger partial charge in [-0.15, -0.1) is 0 Å². The van der Waals surface area contributed by atoms with Crippen LogP contribution in [0.2, 0.25) is 0 Å². The number of hydrogen-bond acceptors (Lipinski definition) is 7. The fourth-order valence-corrected chi connectivity index (χ4v) is 2.68. The largest absolute Gasteiger partial charge is 0.480 e. The summed E-state index contributed by atoms with van der Waals surface area (Å²) in [5, 5.41) is 13.7. The number of carbonyl (C=O) groups is 1. The summed E-state index contributed by atoms with van der Waals surface area (Å²) in [5.41, 5.74) is 1.26. The van der Waals surface area contributed by atoms with E-state index in [9.17, 15) is 4.79 Å². The Morgan fingerprint density at radius 1 is 1.33 bits per heavy atom. The zero-order valence-electron chi connectivity index (χ0n) is 11.8. The van der Waals surface area contributed by atoms with Gasteiger partial charge in [0.05, 0.1) is 12.2 Å². The number of rotatable bonds is 3. The maximum Gasteiger partial charge on any atom is 0.317 e. The molecule has 112 valence electrons. The van der Waals surface area contributed by atoms with Gasteiger partial charge in [-0.05, 0) is 13.3 Å². The summed E-state index contributed by atoms with van der Waals surface area (Å²) >= 11 is 0. The van der Waals surface area contributed by atoms with Crippen LogP contribution in [0, 0.1) is 6.92 Å². The lowest BCUT2D eigenvalue weighted by molar-refractivity contribution is -0.138. The van der Waals surface area contributed by atoms with E-state index in [-0.39, 0.29) is 6.54 Å². The third-order valence-electron chi connectivity index (χ3n) is 3.67. The molecule has 0 aliphatic carbocycles. The molecule has 2 aromatic heterocycles. The lowest BCUT2D eigenvalue weighted by atomic mass is 10.2. The highest BCUT2D eigenvalue weighted by Gasteiger charge is 2.21. The second-order valence-corrected chi connectivity index (χ2v) is 5.16. The summed E-state index contributed by atoms with van der Waals surface area (Å²) in [6.07, 6.45) is 2.37. The Bertz CT molecular complexity index is 656. The Morgan fingerprint density at radius 3 is 3.00 bits per heavy atom. The summed E-state index contributed by atoms with van der Waals surface area (Å²) in [6, 6.07) is 0. The monoisotopic (exact) mass is 291 g/mol. The summed E-state index contributed by atoms with van der Waals surface area (Å²) in [6.45, 7) is 4.98. The van der Waals surface area contributed by atoms with Crippen LogP contribution in [0.1, 0.15) is 12.1 Å². The van der Waals surface area contributed by atoms with Crippen molar-refractivity contribution in [1.82, 2.24) is 20.0 Å². The second-order valence-electron chi connectivity index (χ2n) is 5.16. The highest BCUT2D eigenvalue weighted by molar-refractivity contribution is 5.87. The van der Waals surface area contributed by atoms with E-state index in [1.807, 2.05) is 11.8 Å². The molecule has 1 N–H and O–H groups in total. The van der Waals surface area contributed by atoms with Crippen molar-refractivity contribution in [2.45, 2.75) is 13.3 Å². The molecule has 1 aliphatic heterocycles. The van der Waals surface area contributed by atoms with Gasteiger partial charge in [0.2, 0.25) is 0 Å². The maximum absolute atomic E-state index is 10.8. The minimum absolute atomic E-state index is 0.0827. The Balaban J connectivity index is 1.83. The van der Waals surface area contributed by atoms with Gasteiger partial charge in [-0.3, -0.25) is 9.69 Å². The fraction of sp³-hybridized carbons (Fsp3) is 0.538. The van der Waals surface area contributed by atoms with Crippen LogP contribution in [0.15, 0.2) is 10.9 Å². The molecule has 1 fully saturated rings. The topological polar surface area (TPSA) is 95.6 Å². The number of fused-ring (bicyclic) bond motifs is 1. The lowest BCUT2D eigenvalue weighted by Gasteiger charge is -2.22. The third kappa shape index (κ3) is 2.80. The highest BCUT2D eigenvalue weighted by atomic mass is 16.5. The SMILES string of the molecule is Cc1noc2ncnc(N3CCCN(CC(=O)O)CC3)c12. The van der Waals surface area contributed by atoms with Gasteiger partial charge in [0.25, 0.3) is 5.71 Å². The van der Waals surface area contributed by atoms with Gasteiger partial charge in [0.15, 0.2) is 0 Å². The quantitative estimate of drug-likeness (QED) is 0.874. The standard InChI is InChI=1S/C13H17N5O3/c1-9-11-12(14-8-15-13(11)21-16-9)18-4-2-3-17(5-6-18)7-10(19)20/h8H,2-7H2,1H3,(H,19,20). The fourth-order valence-electron chi connectivity index (χ4n) is 2.68. The van der Waals surface area contributed by atoms with Crippen LogP contribution in [0.5, 0.6) is 0 Å². The van der Waals surface area contributed by atoms with Crippen molar-refractivity contribution >= 4 is 22.9 Å². The van der Waals surface area contributed by atoms with Crippen LogP contribution in [-0.4, -0.2) is 63.8 Å². The van der Waals surface area contributed by atoms with Crippen molar-refractivity contribution in [2.75, 3.05) is 37.6 Å². The molecule has 0 radical (unpaired) electrons. The molecule has 0 unspecified atom stereocenters. The zero-order chi connectivity index (χ0) is 14.8. The first kappa shape index (κ1) is 13.7. The first-order valence-electron chi connectivity index (χ1n) is 6.91. The van der Waals surface area contributed by atoms with Crippen molar-refractivity contribution in [1.29, 1.82) is 0 Å². The van der Waals surface area contributed by atoms with E-state index in [0.717, 1.165) is 43.0 Å². The first-order chi connectivity index (χ1) is 10.1. The Labute approximate surface area is 121 Å². The van der Waals surface area contributed by atoms with Gasteiger partial charge >= 0.3 is 5.97 Å². The molecule has 8 heteroatoms. The average molecular weight is 291 g/mol. The van der Waals surface area contributed by atoms with E-state index in [1.54, 1.807) is 0 Å². The molecule has 0 aromatic carbocycles. The molecule has 0 atom stereocenters. The molecule has 0 saturated carbocycles. The average Bonchev–Trinajstić information content (AvgIpc) is 2.69. The predicted octanol–water partition coefficient (Wildman–Crippen LogP) is 0.523. The van der Waals surface area contributed by atoms with Crippen LogP contribution in [0.25, 0.3) is 11.1 Å². The first-order valence-corrected chi connectivity index (χ1v) is 6.91. The molecular weight excluding hydrogens is 274 g/mol. The normalized spacial score (nSPS) is 17.1. The van der Waals surface area contributed by atoms with Crippen LogP contribution in [-0.2, 0) is 4.79 Å². The number of aromatic nitrogens is 3. The van der Waals surface area contributed by atoms with E-state index < -0.39 is 5.97 Å². The van der Waals surface area contributed by atoms with Crippen LogP contribution >= 0.6 is 0 Å². The molecule has 8 nitrogen and oxygen atoms in total. The number of carboxylic acid groups (broad SMARTS) is 1. The van der Waals surface area contributed by atoms with Gasteiger partial charge in [0, 0.05) is 26.2 Å². The number of nitrogens with zero attached hydrogens (tertiary/aromatic N) is 5. The van der Waals surface area contributed by atoms with Gasteiger partial charge in [-0.2, -0.15) is 4.98 Å². The van der Waals surface area contributed by atoms with Crippen LogP contribution < -0.4 is 4.90 Å². The van der Waals surface area contributed by atoms with E-state index in [0.29, 0.717) is 12.3 Å². The zero-order valence-corrected chi connectivity index (χ0v) is 11.8. The second kappa shape index (κ2) is 5.65. The minimum Gasteiger partial charge on any atom is -0.480 e. The van der Waals surface area contributed by atoms with Crippen LogP contribution in [0.3, 0.4) is 0 Å². The summed E-state index contributed by atoms with van der Waals surface area (Å²) in [4.78, 5) is 23.4. The van der Waals surface area contributed by atoms with Gasteiger partial charge in [0.1, 0.15) is 17.5 Å². The van der Waals surface area contributed by atoms with E-state index in [4.69, 9.17) is 9.63 Å². The number of carboxylic acids is 1. The van der Waals surface area contributed by atoms with Gasteiger partial charge in [-0.25, -0.2) is 4.98 Å². The van der Waals surface area contributed by atoms with E-state index in [1.165, 1.54) is 6.33 Å². The number of anilines is 1.